The van der Waals surface area contributed by atoms with E-state index in [1.54, 1.807) is 49.0 Å². The standard InChI is InChI=1S/C20H19N3O4S2/c1-26-16-8-3-13(11-17(16)27-2)19(25)22-14-4-6-15(7-5-14)29-12-18(24)23-20-21-9-10-28-20/h3-11H,12H2,1-2H3,(H,22,25)(H,21,23,24). The predicted octanol–water partition coefficient (Wildman–Crippen LogP) is 4.14. The van der Waals surface area contributed by atoms with E-state index >= 15 is 0 Å². The summed E-state index contributed by atoms with van der Waals surface area (Å²) >= 11 is 2.78. The fraction of sp³-hybridized carbons (Fsp3) is 0.150. The summed E-state index contributed by atoms with van der Waals surface area (Å²) in [5, 5.41) is 7.97. The molecule has 1 heterocycles. The molecule has 0 saturated carbocycles. The van der Waals surface area contributed by atoms with Gasteiger partial charge in [0.15, 0.2) is 16.6 Å². The number of methoxy groups -OCH3 is 2. The molecule has 0 unspecified atom stereocenters. The molecule has 0 aliphatic rings. The van der Waals surface area contributed by atoms with Gasteiger partial charge in [0.05, 0.1) is 20.0 Å². The lowest BCUT2D eigenvalue weighted by atomic mass is 10.2. The smallest absolute Gasteiger partial charge is 0.255 e. The molecule has 3 rings (SSSR count). The van der Waals surface area contributed by atoms with Crippen molar-refractivity contribution < 1.29 is 19.1 Å². The molecule has 2 aromatic carbocycles. The lowest BCUT2D eigenvalue weighted by Crippen LogP contribution is -2.13. The number of hydrogen-bond donors (Lipinski definition) is 2. The van der Waals surface area contributed by atoms with Gasteiger partial charge < -0.3 is 20.1 Å². The topological polar surface area (TPSA) is 89.5 Å². The summed E-state index contributed by atoms with van der Waals surface area (Å²) in [5.41, 5.74) is 1.11. The van der Waals surface area contributed by atoms with Crippen molar-refractivity contribution in [1.29, 1.82) is 0 Å². The maximum atomic E-state index is 12.5. The minimum Gasteiger partial charge on any atom is -0.493 e. The van der Waals surface area contributed by atoms with E-state index in [2.05, 4.69) is 15.6 Å². The number of benzene rings is 2. The number of aromatic nitrogens is 1. The highest BCUT2D eigenvalue weighted by molar-refractivity contribution is 8.00. The van der Waals surface area contributed by atoms with Crippen molar-refractivity contribution in [2.75, 3.05) is 30.6 Å². The van der Waals surface area contributed by atoms with Gasteiger partial charge in [-0.25, -0.2) is 4.98 Å². The quantitative estimate of drug-likeness (QED) is 0.523. The number of anilines is 2. The average molecular weight is 430 g/mol. The van der Waals surface area contributed by atoms with E-state index in [0.717, 1.165) is 4.90 Å². The molecule has 0 fully saturated rings. The van der Waals surface area contributed by atoms with Crippen molar-refractivity contribution in [3.8, 4) is 11.5 Å². The van der Waals surface area contributed by atoms with Crippen LogP contribution in [0.3, 0.4) is 0 Å². The average Bonchev–Trinajstić information content (AvgIpc) is 3.25. The third kappa shape index (κ3) is 5.72. The molecule has 29 heavy (non-hydrogen) atoms. The molecule has 2 amide bonds. The van der Waals surface area contributed by atoms with Crippen molar-refractivity contribution in [2.24, 2.45) is 0 Å². The SMILES string of the molecule is COc1ccc(C(=O)Nc2ccc(SCC(=O)Nc3nccs3)cc2)cc1OC. The van der Waals surface area contributed by atoms with Crippen LogP contribution in [0, 0.1) is 0 Å². The number of hydrogen-bond acceptors (Lipinski definition) is 7. The normalized spacial score (nSPS) is 10.3. The number of amides is 2. The summed E-state index contributed by atoms with van der Waals surface area (Å²) in [5.74, 6) is 0.953. The van der Waals surface area contributed by atoms with E-state index in [1.807, 2.05) is 12.1 Å². The van der Waals surface area contributed by atoms with Crippen molar-refractivity contribution in [2.45, 2.75) is 4.90 Å². The van der Waals surface area contributed by atoms with Crippen molar-refractivity contribution in [1.82, 2.24) is 4.98 Å². The Labute approximate surface area is 176 Å². The minimum atomic E-state index is -0.255. The second kappa shape index (κ2) is 9.94. The Morgan fingerprint density at radius 1 is 1.03 bits per heavy atom. The van der Waals surface area contributed by atoms with Gasteiger partial charge in [-0.05, 0) is 42.5 Å². The highest BCUT2D eigenvalue weighted by atomic mass is 32.2. The Balaban J connectivity index is 1.54. The molecule has 0 aliphatic carbocycles. The zero-order chi connectivity index (χ0) is 20.6. The van der Waals surface area contributed by atoms with Gasteiger partial charge in [-0.3, -0.25) is 9.59 Å². The van der Waals surface area contributed by atoms with Crippen molar-refractivity contribution in [3.05, 3.63) is 59.6 Å². The van der Waals surface area contributed by atoms with Crippen LogP contribution in [0.5, 0.6) is 11.5 Å². The number of nitrogens with one attached hydrogen (secondary N) is 2. The van der Waals surface area contributed by atoms with Crippen LogP contribution in [0.25, 0.3) is 0 Å². The Morgan fingerprint density at radius 2 is 1.79 bits per heavy atom. The number of rotatable bonds is 8. The van der Waals surface area contributed by atoms with E-state index in [4.69, 9.17) is 9.47 Å². The van der Waals surface area contributed by atoms with E-state index in [1.165, 1.54) is 30.2 Å². The maximum absolute atomic E-state index is 12.5. The second-order valence-corrected chi connectivity index (χ2v) is 7.67. The number of carbonyl (C=O) groups excluding carboxylic acids is 2. The van der Waals surface area contributed by atoms with Crippen LogP contribution >= 0.6 is 23.1 Å². The highest BCUT2D eigenvalue weighted by Gasteiger charge is 2.11. The van der Waals surface area contributed by atoms with Crippen LogP contribution in [-0.2, 0) is 4.79 Å². The molecule has 3 aromatic rings. The molecular formula is C20H19N3O4S2. The van der Waals surface area contributed by atoms with E-state index in [-0.39, 0.29) is 17.6 Å². The second-order valence-electron chi connectivity index (χ2n) is 5.72. The number of ether oxygens (including phenoxy) is 2. The fourth-order valence-electron chi connectivity index (χ4n) is 2.40. The summed E-state index contributed by atoms with van der Waals surface area (Å²) in [6.45, 7) is 0. The zero-order valence-corrected chi connectivity index (χ0v) is 17.4. The molecule has 1 aromatic heterocycles. The number of nitrogens with zero attached hydrogens (tertiary/aromatic N) is 1. The zero-order valence-electron chi connectivity index (χ0n) is 15.8. The molecule has 150 valence electrons. The van der Waals surface area contributed by atoms with Crippen LogP contribution in [0.2, 0.25) is 0 Å². The monoisotopic (exact) mass is 429 g/mol. The Hall–Kier alpha value is -3.04. The molecule has 0 radical (unpaired) electrons. The first-order chi connectivity index (χ1) is 14.1. The summed E-state index contributed by atoms with van der Waals surface area (Å²) in [6.07, 6.45) is 1.64. The maximum Gasteiger partial charge on any atom is 0.255 e. The molecule has 0 bridgehead atoms. The van der Waals surface area contributed by atoms with Crippen LogP contribution in [0.1, 0.15) is 10.4 Å². The van der Waals surface area contributed by atoms with Gasteiger partial charge in [0.25, 0.3) is 5.91 Å². The third-order valence-corrected chi connectivity index (χ3v) is 5.51. The molecular weight excluding hydrogens is 410 g/mol. The fourth-order valence-corrected chi connectivity index (χ4v) is 3.65. The van der Waals surface area contributed by atoms with Crippen molar-refractivity contribution >= 4 is 45.7 Å². The first-order valence-corrected chi connectivity index (χ1v) is 10.4. The van der Waals surface area contributed by atoms with Gasteiger partial charge in [0.2, 0.25) is 5.91 Å². The first-order valence-electron chi connectivity index (χ1n) is 8.54. The van der Waals surface area contributed by atoms with Gasteiger partial charge in [-0.15, -0.1) is 23.1 Å². The minimum absolute atomic E-state index is 0.115. The van der Waals surface area contributed by atoms with E-state index in [0.29, 0.717) is 27.9 Å². The van der Waals surface area contributed by atoms with Crippen LogP contribution in [-0.4, -0.2) is 36.8 Å². The number of thiazole rings is 1. The van der Waals surface area contributed by atoms with Gasteiger partial charge >= 0.3 is 0 Å². The summed E-state index contributed by atoms with van der Waals surface area (Å²) < 4.78 is 10.4. The Kier molecular flexibility index (Phi) is 7.09. The highest BCUT2D eigenvalue weighted by Crippen LogP contribution is 2.28. The van der Waals surface area contributed by atoms with Gasteiger partial charge in [0.1, 0.15) is 0 Å². The predicted molar refractivity (Wildman–Crippen MR) is 115 cm³/mol. The molecule has 0 atom stereocenters. The van der Waals surface area contributed by atoms with Gasteiger partial charge in [-0.2, -0.15) is 0 Å². The first kappa shape index (κ1) is 20.7. The van der Waals surface area contributed by atoms with E-state index in [9.17, 15) is 9.59 Å². The summed E-state index contributed by atoms with van der Waals surface area (Å²) in [6, 6.07) is 12.3. The third-order valence-electron chi connectivity index (χ3n) is 3.81. The van der Waals surface area contributed by atoms with Crippen molar-refractivity contribution in [3.63, 3.8) is 0 Å². The Morgan fingerprint density at radius 3 is 2.45 bits per heavy atom. The lowest BCUT2D eigenvalue weighted by Gasteiger charge is -2.10. The molecule has 7 nitrogen and oxygen atoms in total. The molecule has 0 spiro atoms. The van der Waals surface area contributed by atoms with Crippen LogP contribution in [0.4, 0.5) is 10.8 Å². The van der Waals surface area contributed by atoms with Gasteiger partial charge in [0, 0.05) is 27.7 Å². The molecule has 0 saturated heterocycles. The summed E-state index contributed by atoms with van der Waals surface area (Å²) in [4.78, 5) is 29.3. The largest absolute Gasteiger partial charge is 0.493 e. The number of carbonyl (C=O) groups is 2. The summed E-state index contributed by atoms with van der Waals surface area (Å²) in [7, 11) is 3.06. The molecule has 9 heteroatoms. The van der Waals surface area contributed by atoms with Gasteiger partial charge in [-0.1, -0.05) is 0 Å². The van der Waals surface area contributed by atoms with E-state index < -0.39 is 0 Å². The number of thioether (sulfide) groups is 1. The molecule has 2 N–H and O–H groups in total. The Bertz CT molecular complexity index is 976. The van der Waals surface area contributed by atoms with Crippen LogP contribution < -0.4 is 20.1 Å². The lowest BCUT2D eigenvalue weighted by molar-refractivity contribution is -0.113. The van der Waals surface area contributed by atoms with Crippen LogP contribution in [0.15, 0.2) is 58.9 Å². The molecule has 0 aliphatic heterocycles.